The minimum Gasteiger partial charge on any atom is -0.491 e. The van der Waals surface area contributed by atoms with E-state index in [2.05, 4.69) is 10.2 Å². The lowest BCUT2D eigenvalue weighted by atomic mass is 10.1. The van der Waals surface area contributed by atoms with Crippen LogP contribution in [0.15, 0.2) is 42.5 Å². The van der Waals surface area contributed by atoms with Crippen molar-refractivity contribution in [3.63, 3.8) is 0 Å². The fourth-order valence-corrected chi connectivity index (χ4v) is 4.90. The molecular weight excluding hydrogens is 514 g/mol. The number of benzene rings is 2. The number of aliphatic hydroxyl groups excluding tert-OH is 3. The number of carbonyl (C=O) groups is 2. The maximum Gasteiger partial charge on any atom is 0.340 e. The van der Waals surface area contributed by atoms with Crippen LogP contribution in [-0.2, 0) is 11.3 Å². The third-order valence-corrected chi connectivity index (χ3v) is 6.64. The van der Waals surface area contributed by atoms with Crippen molar-refractivity contribution in [2.45, 2.75) is 58.0 Å². The summed E-state index contributed by atoms with van der Waals surface area (Å²) < 4.78 is 10.7. The minimum atomic E-state index is -0.663. The Labute approximate surface area is 236 Å². The van der Waals surface area contributed by atoms with E-state index in [9.17, 15) is 24.9 Å². The molecule has 1 saturated heterocycles. The molecule has 3 rings (SSSR count). The van der Waals surface area contributed by atoms with E-state index in [1.807, 2.05) is 11.0 Å². The maximum absolute atomic E-state index is 13.1. The first-order valence-electron chi connectivity index (χ1n) is 13.9. The number of piperidine rings is 1. The van der Waals surface area contributed by atoms with Crippen LogP contribution in [0.25, 0.3) is 0 Å². The van der Waals surface area contributed by atoms with Crippen molar-refractivity contribution in [1.82, 2.24) is 9.80 Å². The molecule has 0 aliphatic carbocycles. The molecule has 2 aromatic carbocycles. The number of aliphatic hydroxyl groups is 3. The van der Waals surface area contributed by atoms with Crippen LogP contribution in [0.2, 0.25) is 0 Å². The molecule has 3 unspecified atom stereocenters. The Bertz CT molecular complexity index is 1090. The van der Waals surface area contributed by atoms with E-state index in [1.165, 1.54) is 19.6 Å². The van der Waals surface area contributed by atoms with Crippen molar-refractivity contribution in [3.05, 3.63) is 59.2 Å². The molecule has 0 bridgehead atoms. The highest BCUT2D eigenvalue weighted by atomic mass is 16.5. The number of rotatable bonds is 14. The predicted molar refractivity (Wildman–Crippen MR) is 153 cm³/mol. The average Bonchev–Trinajstić information content (AvgIpc) is 2.92. The lowest BCUT2D eigenvalue weighted by Crippen LogP contribution is -2.38. The number of nitrogens with one attached hydrogen (secondary N) is 1. The Balaban J connectivity index is 1.67. The van der Waals surface area contributed by atoms with Crippen LogP contribution in [0.5, 0.6) is 5.75 Å². The maximum atomic E-state index is 13.1. The van der Waals surface area contributed by atoms with Crippen molar-refractivity contribution >= 4 is 17.6 Å². The van der Waals surface area contributed by atoms with E-state index in [4.69, 9.17) is 9.47 Å². The normalized spacial score (nSPS) is 16.3. The van der Waals surface area contributed by atoms with Crippen LogP contribution in [-0.4, -0.2) is 102 Å². The molecule has 0 spiro atoms. The van der Waals surface area contributed by atoms with E-state index in [1.54, 1.807) is 44.2 Å². The summed E-state index contributed by atoms with van der Waals surface area (Å²) in [6.45, 7) is 7.15. The molecule has 10 heteroatoms. The van der Waals surface area contributed by atoms with E-state index in [-0.39, 0.29) is 17.9 Å². The van der Waals surface area contributed by atoms with Crippen LogP contribution in [0.4, 0.5) is 5.69 Å². The molecule has 3 atom stereocenters. The smallest absolute Gasteiger partial charge is 0.340 e. The van der Waals surface area contributed by atoms with Gasteiger partial charge in [0, 0.05) is 31.7 Å². The van der Waals surface area contributed by atoms with Gasteiger partial charge in [0.25, 0.3) is 5.91 Å². The number of carbonyl (C=O) groups excluding carboxylic acids is 2. The molecule has 0 saturated carbocycles. The van der Waals surface area contributed by atoms with Gasteiger partial charge < -0.3 is 35.0 Å². The van der Waals surface area contributed by atoms with Gasteiger partial charge in [-0.1, -0.05) is 18.6 Å². The first-order valence-corrected chi connectivity index (χ1v) is 13.9. The molecule has 0 aromatic heterocycles. The molecule has 1 aliphatic rings. The second-order valence-electron chi connectivity index (χ2n) is 10.6. The molecule has 10 nitrogen and oxygen atoms in total. The number of nitrogens with zero attached hydrogens (tertiary/aromatic N) is 2. The standard InChI is InChI=1S/C30H43N3O7/c1-21(34)16-33(17-22(2)35)18-23-8-7-9-24(14-23)29(37)31-28-11-10-26(15-27(28)30(38)39-3)40-20-25(36)19-32-12-5-4-6-13-32/h7-11,14-15,21-22,25,34-36H,4-6,12-13,16-20H2,1-3H3,(H,31,37). The van der Waals surface area contributed by atoms with E-state index in [0.29, 0.717) is 37.5 Å². The van der Waals surface area contributed by atoms with Crippen LogP contribution in [0, 0.1) is 0 Å². The van der Waals surface area contributed by atoms with E-state index < -0.39 is 30.2 Å². The number of hydrogen-bond donors (Lipinski definition) is 4. The van der Waals surface area contributed by atoms with Crippen LogP contribution >= 0.6 is 0 Å². The zero-order valence-corrected chi connectivity index (χ0v) is 23.7. The Kier molecular flexibility index (Phi) is 12.4. The van der Waals surface area contributed by atoms with Gasteiger partial charge in [0.2, 0.25) is 0 Å². The van der Waals surface area contributed by atoms with E-state index in [0.717, 1.165) is 31.5 Å². The molecule has 1 aliphatic heterocycles. The summed E-state index contributed by atoms with van der Waals surface area (Å²) >= 11 is 0. The monoisotopic (exact) mass is 557 g/mol. The van der Waals surface area contributed by atoms with Crippen LogP contribution < -0.4 is 10.1 Å². The summed E-state index contributed by atoms with van der Waals surface area (Å²) in [7, 11) is 1.26. The summed E-state index contributed by atoms with van der Waals surface area (Å²) in [6.07, 6.45) is 1.71. The Morgan fingerprint density at radius 2 is 1.70 bits per heavy atom. The van der Waals surface area contributed by atoms with Gasteiger partial charge in [0.05, 0.1) is 30.6 Å². The molecular formula is C30H43N3O7. The van der Waals surface area contributed by atoms with Gasteiger partial charge in [-0.25, -0.2) is 4.79 Å². The van der Waals surface area contributed by atoms with Crippen molar-refractivity contribution in [1.29, 1.82) is 0 Å². The fourth-order valence-electron chi connectivity index (χ4n) is 4.90. The van der Waals surface area contributed by atoms with Gasteiger partial charge in [-0.15, -0.1) is 0 Å². The lowest BCUT2D eigenvalue weighted by molar-refractivity contribution is 0.0594. The van der Waals surface area contributed by atoms with Crippen LogP contribution in [0.1, 0.15) is 59.4 Å². The van der Waals surface area contributed by atoms with Gasteiger partial charge in [0.15, 0.2) is 0 Å². The third-order valence-electron chi connectivity index (χ3n) is 6.64. The lowest BCUT2D eigenvalue weighted by Gasteiger charge is -2.28. The number of hydrogen-bond acceptors (Lipinski definition) is 9. The van der Waals surface area contributed by atoms with Gasteiger partial charge in [-0.3, -0.25) is 9.69 Å². The number of amides is 1. The Morgan fingerprint density at radius 1 is 1.00 bits per heavy atom. The molecule has 1 heterocycles. The second-order valence-corrected chi connectivity index (χ2v) is 10.6. The minimum absolute atomic E-state index is 0.0801. The van der Waals surface area contributed by atoms with Crippen molar-refractivity contribution in [2.75, 3.05) is 51.8 Å². The fraction of sp³-hybridized carbons (Fsp3) is 0.533. The average molecular weight is 558 g/mol. The van der Waals surface area contributed by atoms with Crippen molar-refractivity contribution in [2.24, 2.45) is 0 Å². The summed E-state index contributed by atoms with van der Waals surface area (Å²) in [5.74, 6) is -0.653. The van der Waals surface area contributed by atoms with Gasteiger partial charge in [-0.2, -0.15) is 0 Å². The molecule has 0 radical (unpaired) electrons. The van der Waals surface area contributed by atoms with E-state index >= 15 is 0 Å². The zero-order chi connectivity index (χ0) is 29.1. The first-order chi connectivity index (χ1) is 19.1. The van der Waals surface area contributed by atoms with Crippen molar-refractivity contribution in [3.8, 4) is 5.75 Å². The highest BCUT2D eigenvalue weighted by molar-refractivity contribution is 6.08. The summed E-state index contributed by atoms with van der Waals surface area (Å²) in [5.41, 5.74) is 1.64. The Hall–Kier alpha value is -3.02. The largest absolute Gasteiger partial charge is 0.491 e. The number of likely N-dealkylation sites (tertiary alicyclic amines) is 1. The van der Waals surface area contributed by atoms with Gasteiger partial charge in [0.1, 0.15) is 18.5 Å². The number of β-amino-alcohol motifs (C(OH)–C–C–N with tert-alkyl or cyclic N) is 1. The van der Waals surface area contributed by atoms with Gasteiger partial charge >= 0.3 is 5.97 Å². The summed E-state index contributed by atoms with van der Waals surface area (Å²) in [6, 6.07) is 11.8. The predicted octanol–water partition coefficient (Wildman–Crippen LogP) is 2.51. The summed E-state index contributed by atoms with van der Waals surface area (Å²) in [4.78, 5) is 29.8. The van der Waals surface area contributed by atoms with Gasteiger partial charge in [-0.05, 0) is 75.7 Å². The number of esters is 1. The number of methoxy groups -OCH3 is 1. The zero-order valence-electron chi connectivity index (χ0n) is 23.7. The molecule has 4 N–H and O–H groups in total. The molecule has 220 valence electrons. The second kappa shape index (κ2) is 15.7. The quantitative estimate of drug-likeness (QED) is 0.259. The number of anilines is 1. The summed E-state index contributed by atoms with van der Waals surface area (Å²) in [5, 5.41) is 32.8. The van der Waals surface area contributed by atoms with Crippen molar-refractivity contribution < 1.29 is 34.4 Å². The number of ether oxygens (including phenoxy) is 2. The van der Waals surface area contributed by atoms with Crippen LogP contribution in [0.3, 0.4) is 0 Å². The molecule has 2 aromatic rings. The topological polar surface area (TPSA) is 132 Å². The highest BCUT2D eigenvalue weighted by Gasteiger charge is 2.19. The SMILES string of the molecule is COC(=O)c1cc(OCC(O)CN2CCCCC2)ccc1NC(=O)c1cccc(CN(CC(C)O)CC(C)O)c1. The molecule has 1 fully saturated rings. The first kappa shape index (κ1) is 31.5. The third kappa shape index (κ3) is 10.2. The Morgan fingerprint density at radius 3 is 2.35 bits per heavy atom. The molecule has 1 amide bonds. The molecule has 40 heavy (non-hydrogen) atoms. The highest BCUT2D eigenvalue weighted by Crippen LogP contribution is 2.24.